The number of likely N-dealkylation sites (N-methyl/N-ethyl adjacent to an activating group) is 1. The van der Waals surface area contributed by atoms with Crippen molar-refractivity contribution in [1.82, 2.24) is 25.1 Å². The summed E-state index contributed by atoms with van der Waals surface area (Å²) in [6, 6.07) is 2.35. The summed E-state index contributed by atoms with van der Waals surface area (Å²) in [6.07, 6.45) is 6.81. The van der Waals surface area contributed by atoms with Crippen LogP contribution >= 0.6 is 0 Å². The van der Waals surface area contributed by atoms with Crippen LogP contribution in [0.4, 0.5) is 0 Å². The van der Waals surface area contributed by atoms with E-state index in [9.17, 15) is 0 Å². The lowest BCUT2D eigenvalue weighted by Crippen LogP contribution is -2.23. The van der Waals surface area contributed by atoms with Gasteiger partial charge in [0.05, 0.1) is 11.4 Å². The number of rotatable bonds is 7. The first-order valence-electron chi connectivity index (χ1n) is 7.69. The molecule has 1 unspecified atom stereocenters. The molecule has 0 aromatic carbocycles. The van der Waals surface area contributed by atoms with Crippen LogP contribution in [0.2, 0.25) is 0 Å². The van der Waals surface area contributed by atoms with Crippen molar-refractivity contribution in [2.75, 3.05) is 7.05 Å². The van der Waals surface area contributed by atoms with Gasteiger partial charge in [-0.1, -0.05) is 13.8 Å². The van der Waals surface area contributed by atoms with Crippen LogP contribution in [-0.4, -0.2) is 26.8 Å². The van der Waals surface area contributed by atoms with Crippen molar-refractivity contribution in [1.29, 1.82) is 0 Å². The van der Waals surface area contributed by atoms with Crippen molar-refractivity contribution in [3.8, 4) is 0 Å². The van der Waals surface area contributed by atoms with E-state index in [1.807, 2.05) is 20.2 Å². The predicted molar refractivity (Wildman–Crippen MR) is 84.2 cm³/mol. The number of hydrogen-bond acceptors (Lipinski definition) is 4. The standard InChI is InChI=1S/C16H25N5/c1-5-8-21-9-7-18-16(21)11-15(17-4)13-10-12(3)19-20-14(13)6-2/h7,9-10,15,17H,5-6,8,11H2,1-4H3. The Morgan fingerprint density at radius 1 is 1.29 bits per heavy atom. The normalized spacial score (nSPS) is 12.6. The van der Waals surface area contributed by atoms with Gasteiger partial charge in [-0.25, -0.2) is 4.98 Å². The van der Waals surface area contributed by atoms with Crippen LogP contribution in [0.15, 0.2) is 18.5 Å². The second-order valence-electron chi connectivity index (χ2n) is 5.32. The summed E-state index contributed by atoms with van der Waals surface area (Å²) in [5.41, 5.74) is 3.26. The van der Waals surface area contributed by atoms with E-state index in [4.69, 9.17) is 0 Å². The highest BCUT2D eigenvalue weighted by Gasteiger charge is 2.17. The Morgan fingerprint density at radius 3 is 2.76 bits per heavy atom. The Balaban J connectivity index is 2.27. The topological polar surface area (TPSA) is 55.6 Å². The third-order valence-electron chi connectivity index (χ3n) is 3.74. The molecule has 0 spiro atoms. The first kappa shape index (κ1) is 15.6. The lowest BCUT2D eigenvalue weighted by molar-refractivity contribution is 0.535. The van der Waals surface area contributed by atoms with Crippen molar-refractivity contribution in [3.05, 3.63) is 41.2 Å². The van der Waals surface area contributed by atoms with Gasteiger partial charge in [-0.2, -0.15) is 10.2 Å². The molecule has 0 bridgehead atoms. The van der Waals surface area contributed by atoms with E-state index in [0.717, 1.165) is 43.0 Å². The van der Waals surface area contributed by atoms with Gasteiger partial charge in [0.25, 0.3) is 0 Å². The molecule has 2 aromatic heterocycles. The van der Waals surface area contributed by atoms with Gasteiger partial charge in [0, 0.05) is 31.4 Å². The molecular weight excluding hydrogens is 262 g/mol. The minimum atomic E-state index is 0.215. The molecule has 0 fully saturated rings. The molecule has 2 rings (SSSR count). The first-order chi connectivity index (χ1) is 10.2. The van der Waals surface area contributed by atoms with Gasteiger partial charge >= 0.3 is 0 Å². The van der Waals surface area contributed by atoms with Crippen LogP contribution in [-0.2, 0) is 19.4 Å². The van der Waals surface area contributed by atoms with Crippen LogP contribution in [0.25, 0.3) is 0 Å². The van der Waals surface area contributed by atoms with Crippen LogP contribution < -0.4 is 5.32 Å². The van der Waals surface area contributed by atoms with Crippen LogP contribution in [0.3, 0.4) is 0 Å². The van der Waals surface area contributed by atoms with Crippen molar-refractivity contribution in [2.24, 2.45) is 0 Å². The molecule has 0 aliphatic heterocycles. The zero-order valence-electron chi connectivity index (χ0n) is 13.4. The van der Waals surface area contributed by atoms with E-state index in [1.165, 1.54) is 5.56 Å². The summed E-state index contributed by atoms with van der Waals surface area (Å²) in [6.45, 7) is 7.30. The van der Waals surface area contributed by atoms with E-state index in [-0.39, 0.29) is 6.04 Å². The highest BCUT2D eigenvalue weighted by Crippen LogP contribution is 2.21. The van der Waals surface area contributed by atoms with Gasteiger partial charge in [-0.3, -0.25) is 0 Å². The summed E-state index contributed by atoms with van der Waals surface area (Å²) in [4.78, 5) is 4.51. The van der Waals surface area contributed by atoms with Crippen molar-refractivity contribution in [3.63, 3.8) is 0 Å². The summed E-state index contributed by atoms with van der Waals surface area (Å²) >= 11 is 0. The highest BCUT2D eigenvalue weighted by atomic mass is 15.1. The molecule has 114 valence electrons. The molecule has 2 aromatic rings. The molecule has 21 heavy (non-hydrogen) atoms. The Hall–Kier alpha value is -1.75. The molecule has 5 heteroatoms. The maximum atomic E-state index is 4.51. The largest absolute Gasteiger partial charge is 0.335 e. The minimum absolute atomic E-state index is 0.215. The van der Waals surface area contributed by atoms with E-state index in [2.05, 4.69) is 51.2 Å². The molecule has 0 saturated carbocycles. The third-order valence-corrected chi connectivity index (χ3v) is 3.74. The number of hydrogen-bond donors (Lipinski definition) is 1. The van der Waals surface area contributed by atoms with Gasteiger partial charge in [-0.05, 0) is 38.4 Å². The van der Waals surface area contributed by atoms with Crippen LogP contribution in [0.5, 0.6) is 0 Å². The average Bonchev–Trinajstić information content (AvgIpc) is 2.92. The van der Waals surface area contributed by atoms with Gasteiger partial charge in [0.1, 0.15) is 5.82 Å². The fourth-order valence-corrected chi connectivity index (χ4v) is 2.64. The Bertz CT molecular complexity index is 576. The number of aryl methyl sites for hydroxylation is 3. The fourth-order valence-electron chi connectivity index (χ4n) is 2.64. The maximum absolute atomic E-state index is 4.51. The molecule has 1 atom stereocenters. The molecule has 2 heterocycles. The van der Waals surface area contributed by atoms with Gasteiger partial charge in [0.2, 0.25) is 0 Å². The van der Waals surface area contributed by atoms with Crippen LogP contribution in [0, 0.1) is 6.92 Å². The number of nitrogens with zero attached hydrogens (tertiary/aromatic N) is 4. The van der Waals surface area contributed by atoms with E-state index in [1.54, 1.807) is 0 Å². The lowest BCUT2D eigenvalue weighted by Gasteiger charge is -2.19. The lowest BCUT2D eigenvalue weighted by atomic mass is 10.00. The molecule has 0 saturated heterocycles. The summed E-state index contributed by atoms with van der Waals surface area (Å²) in [7, 11) is 1.99. The Kier molecular flexibility index (Phi) is 5.44. The molecule has 5 nitrogen and oxygen atoms in total. The van der Waals surface area contributed by atoms with Gasteiger partial charge in [-0.15, -0.1) is 0 Å². The van der Waals surface area contributed by atoms with E-state index in [0.29, 0.717) is 0 Å². The monoisotopic (exact) mass is 287 g/mol. The molecule has 0 aliphatic carbocycles. The second-order valence-corrected chi connectivity index (χ2v) is 5.32. The minimum Gasteiger partial charge on any atom is -0.335 e. The fraction of sp³-hybridized carbons (Fsp3) is 0.562. The Labute approximate surface area is 126 Å². The average molecular weight is 287 g/mol. The van der Waals surface area contributed by atoms with E-state index >= 15 is 0 Å². The number of nitrogens with one attached hydrogen (secondary N) is 1. The van der Waals surface area contributed by atoms with Crippen molar-refractivity contribution in [2.45, 2.75) is 52.6 Å². The Morgan fingerprint density at radius 2 is 2.10 bits per heavy atom. The molecule has 0 amide bonds. The molecule has 0 aliphatic rings. The van der Waals surface area contributed by atoms with Crippen molar-refractivity contribution >= 4 is 0 Å². The zero-order valence-corrected chi connectivity index (χ0v) is 13.4. The number of aromatic nitrogens is 4. The SMILES string of the molecule is CCCn1ccnc1CC(NC)c1cc(C)nnc1CC. The van der Waals surface area contributed by atoms with E-state index < -0.39 is 0 Å². The molecule has 0 radical (unpaired) electrons. The van der Waals surface area contributed by atoms with Crippen molar-refractivity contribution < 1.29 is 0 Å². The smallest absolute Gasteiger partial charge is 0.110 e. The molecular formula is C16H25N5. The predicted octanol–water partition coefficient (Wildman–Crippen LogP) is 2.46. The second kappa shape index (κ2) is 7.31. The van der Waals surface area contributed by atoms with Gasteiger partial charge < -0.3 is 9.88 Å². The highest BCUT2D eigenvalue weighted by molar-refractivity contribution is 5.25. The van der Waals surface area contributed by atoms with Crippen LogP contribution in [0.1, 0.15) is 49.1 Å². The quantitative estimate of drug-likeness (QED) is 0.850. The summed E-state index contributed by atoms with van der Waals surface area (Å²) in [5.74, 6) is 1.12. The third kappa shape index (κ3) is 3.67. The number of imidazole rings is 1. The van der Waals surface area contributed by atoms with Gasteiger partial charge in [0.15, 0.2) is 0 Å². The summed E-state index contributed by atoms with van der Waals surface area (Å²) in [5, 5.41) is 11.9. The summed E-state index contributed by atoms with van der Waals surface area (Å²) < 4.78 is 2.23. The maximum Gasteiger partial charge on any atom is 0.110 e. The molecule has 1 N–H and O–H groups in total. The zero-order chi connectivity index (χ0) is 15.2. The first-order valence-corrected chi connectivity index (χ1v) is 7.69.